The van der Waals surface area contributed by atoms with Gasteiger partial charge in [0.25, 0.3) is 5.91 Å². The smallest absolute Gasteiger partial charge is 0.274 e. The zero-order valence-electron chi connectivity index (χ0n) is 17.1. The minimum absolute atomic E-state index is 0.283. The van der Waals surface area contributed by atoms with Gasteiger partial charge < -0.3 is 9.73 Å². The van der Waals surface area contributed by atoms with Gasteiger partial charge in [0.1, 0.15) is 11.5 Å². The first-order valence-electron chi connectivity index (χ1n) is 9.63. The Morgan fingerprint density at radius 3 is 2.63 bits per heavy atom. The minimum atomic E-state index is -0.290. The molecule has 0 atom stereocenters. The van der Waals surface area contributed by atoms with Crippen LogP contribution >= 0.6 is 0 Å². The minimum Gasteiger partial charge on any atom is -0.441 e. The Bertz CT molecular complexity index is 1160. The molecule has 0 aliphatic heterocycles. The van der Waals surface area contributed by atoms with E-state index in [9.17, 15) is 4.79 Å². The lowest BCUT2D eigenvalue weighted by atomic mass is 10.1. The normalized spacial score (nSPS) is 10.9. The molecule has 0 unspecified atom stereocenters. The molecule has 0 saturated carbocycles. The molecule has 0 saturated heterocycles. The van der Waals surface area contributed by atoms with E-state index in [0.29, 0.717) is 30.4 Å². The summed E-state index contributed by atoms with van der Waals surface area (Å²) in [7, 11) is 0. The van der Waals surface area contributed by atoms with Gasteiger partial charge in [-0.1, -0.05) is 29.0 Å². The molecule has 0 spiro atoms. The molecule has 0 aliphatic rings. The van der Waals surface area contributed by atoms with Crippen LogP contribution in [0.3, 0.4) is 0 Å². The Balaban J connectivity index is 1.48. The van der Waals surface area contributed by atoms with E-state index in [0.717, 1.165) is 17.0 Å². The third-order valence-electron chi connectivity index (χ3n) is 4.84. The van der Waals surface area contributed by atoms with Gasteiger partial charge in [-0.2, -0.15) is 0 Å². The highest BCUT2D eigenvalue weighted by molar-refractivity contribution is 5.93. The number of rotatable bonds is 6. The van der Waals surface area contributed by atoms with E-state index >= 15 is 0 Å². The molecule has 8 nitrogen and oxygen atoms in total. The van der Waals surface area contributed by atoms with Crippen molar-refractivity contribution in [3.63, 3.8) is 0 Å². The molecule has 0 aliphatic carbocycles. The van der Waals surface area contributed by atoms with Crippen LogP contribution in [0.4, 0.5) is 0 Å². The number of aromatic nitrogens is 5. The van der Waals surface area contributed by atoms with Crippen LogP contribution in [0, 0.1) is 20.8 Å². The molecule has 0 fully saturated rings. The molecule has 0 radical (unpaired) electrons. The van der Waals surface area contributed by atoms with Crippen molar-refractivity contribution < 1.29 is 9.21 Å². The molecule has 152 valence electrons. The summed E-state index contributed by atoms with van der Waals surface area (Å²) in [6.07, 6.45) is 1.69. The molecule has 8 heteroatoms. The molecule has 3 heterocycles. The number of carbonyl (C=O) groups excluding carboxylic acids is 1. The van der Waals surface area contributed by atoms with Crippen molar-refractivity contribution in [2.24, 2.45) is 0 Å². The van der Waals surface area contributed by atoms with Crippen molar-refractivity contribution in [1.82, 2.24) is 30.3 Å². The van der Waals surface area contributed by atoms with E-state index in [2.05, 4.69) is 25.6 Å². The average molecular weight is 402 g/mol. The van der Waals surface area contributed by atoms with Crippen molar-refractivity contribution >= 4 is 5.91 Å². The number of hydrogen-bond donors (Lipinski definition) is 1. The monoisotopic (exact) mass is 402 g/mol. The number of carbonyl (C=O) groups is 1. The standard InChI is InChI=1S/C22H22N6O2/c1-14-7-9-17(10-8-14)22-25-19(16(3)30-22)13-28-15(2)20(26-27-28)21(29)24-12-18-6-4-5-11-23-18/h4-11H,12-13H2,1-3H3,(H,24,29). The Kier molecular flexibility index (Phi) is 5.38. The molecule has 3 aromatic heterocycles. The number of amides is 1. The number of nitrogens with one attached hydrogen (secondary N) is 1. The molecule has 1 aromatic carbocycles. The fourth-order valence-corrected chi connectivity index (χ4v) is 3.01. The molecular formula is C22H22N6O2. The largest absolute Gasteiger partial charge is 0.441 e. The Morgan fingerprint density at radius 1 is 1.10 bits per heavy atom. The summed E-state index contributed by atoms with van der Waals surface area (Å²) in [5.74, 6) is 0.983. The van der Waals surface area contributed by atoms with Gasteiger partial charge in [-0.3, -0.25) is 9.78 Å². The SMILES string of the molecule is Cc1ccc(-c2nc(Cn3nnc(C(=O)NCc4ccccn4)c3C)c(C)o2)cc1. The van der Waals surface area contributed by atoms with E-state index in [1.807, 2.05) is 63.2 Å². The van der Waals surface area contributed by atoms with Crippen molar-refractivity contribution in [2.75, 3.05) is 0 Å². The lowest BCUT2D eigenvalue weighted by molar-refractivity contribution is 0.0944. The second-order valence-electron chi connectivity index (χ2n) is 7.07. The van der Waals surface area contributed by atoms with Crippen LogP contribution in [-0.2, 0) is 13.1 Å². The van der Waals surface area contributed by atoms with Gasteiger partial charge in [0, 0.05) is 11.8 Å². The van der Waals surface area contributed by atoms with E-state index < -0.39 is 0 Å². The van der Waals surface area contributed by atoms with E-state index in [-0.39, 0.29) is 11.6 Å². The van der Waals surface area contributed by atoms with E-state index in [4.69, 9.17) is 4.42 Å². The van der Waals surface area contributed by atoms with Gasteiger partial charge in [-0.05, 0) is 45.0 Å². The molecule has 1 amide bonds. The number of pyridine rings is 1. The van der Waals surface area contributed by atoms with Gasteiger partial charge in [0.15, 0.2) is 5.69 Å². The van der Waals surface area contributed by atoms with Crippen LogP contribution in [0.25, 0.3) is 11.5 Å². The van der Waals surface area contributed by atoms with Crippen molar-refractivity contribution in [3.05, 3.63) is 82.8 Å². The summed E-state index contributed by atoms with van der Waals surface area (Å²) in [6, 6.07) is 13.6. The van der Waals surface area contributed by atoms with Gasteiger partial charge in [0.2, 0.25) is 5.89 Å². The first-order chi connectivity index (χ1) is 14.5. The molecule has 30 heavy (non-hydrogen) atoms. The van der Waals surface area contributed by atoms with Gasteiger partial charge in [0.05, 0.1) is 24.5 Å². The van der Waals surface area contributed by atoms with Crippen LogP contribution in [0.2, 0.25) is 0 Å². The van der Waals surface area contributed by atoms with Crippen molar-refractivity contribution in [3.8, 4) is 11.5 Å². The van der Waals surface area contributed by atoms with Crippen LogP contribution in [0.5, 0.6) is 0 Å². The van der Waals surface area contributed by atoms with E-state index in [1.165, 1.54) is 5.56 Å². The lowest BCUT2D eigenvalue weighted by Crippen LogP contribution is -2.24. The summed E-state index contributed by atoms with van der Waals surface area (Å²) in [5, 5.41) is 11.0. The second kappa shape index (κ2) is 8.28. The molecule has 0 bridgehead atoms. The van der Waals surface area contributed by atoms with Gasteiger partial charge in [-0.25, -0.2) is 9.67 Å². The zero-order valence-corrected chi connectivity index (χ0v) is 17.1. The third-order valence-corrected chi connectivity index (χ3v) is 4.84. The number of oxazole rings is 1. The maximum Gasteiger partial charge on any atom is 0.274 e. The summed E-state index contributed by atoms with van der Waals surface area (Å²) in [5.41, 5.74) is 4.56. The summed E-state index contributed by atoms with van der Waals surface area (Å²) >= 11 is 0. The van der Waals surface area contributed by atoms with Crippen molar-refractivity contribution in [1.29, 1.82) is 0 Å². The van der Waals surface area contributed by atoms with Gasteiger partial charge >= 0.3 is 0 Å². The summed E-state index contributed by atoms with van der Waals surface area (Å²) in [6.45, 7) is 6.41. The van der Waals surface area contributed by atoms with E-state index in [1.54, 1.807) is 10.9 Å². The highest BCUT2D eigenvalue weighted by atomic mass is 16.4. The predicted octanol–water partition coefficient (Wildman–Crippen LogP) is 3.23. The number of nitrogens with zero attached hydrogens (tertiary/aromatic N) is 5. The topological polar surface area (TPSA) is 98.7 Å². The highest BCUT2D eigenvalue weighted by Crippen LogP contribution is 2.23. The number of aryl methyl sites for hydroxylation is 2. The Morgan fingerprint density at radius 2 is 1.90 bits per heavy atom. The third kappa shape index (κ3) is 4.12. The van der Waals surface area contributed by atoms with Gasteiger partial charge in [-0.15, -0.1) is 5.10 Å². The van der Waals surface area contributed by atoms with Crippen LogP contribution in [0.1, 0.15) is 38.9 Å². The van der Waals surface area contributed by atoms with Crippen LogP contribution in [0.15, 0.2) is 53.1 Å². The maximum atomic E-state index is 12.5. The Hall–Kier alpha value is -3.81. The first kappa shape index (κ1) is 19.5. The maximum absolute atomic E-state index is 12.5. The molecule has 4 aromatic rings. The van der Waals surface area contributed by atoms with Crippen LogP contribution < -0.4 is 5.32 Å². The zero-order chi connectivity index (χ0) is 21.1. The molecule has 1 N–H and O–H groups in total. The predicted molar refractivity (Wildman–Crippen MR) is 111 cm³/mol. The quantitative estimate of drug-likeness (QED) is 0.532. The van der Waals surface area contributed by atoms with Crippen molar-refractivity contribution in [2.45, 2.75) is 33.9 Å². The fraction of sp³-hybridized carbons (Fsp3) is 0.227. The summed E-state index contributed by atoms with van der Waals surface area (Å²) < 4.78 is 7.49. The molecular weight excluding hydrogens is 380 g/mol. The Labute approximate surface area is 174 Å². The molecule has 4 rings (SSSR count). The fourth-order valence-electron chi connectivity index (χ4n) is 3.01. The highest BCUT2D eigenvalue weighted by Gasteiger charge is 2.19. The second-order valence-corrected chi connectivity index (χ2v) is 7.07. The lowest BCUT2D eigenvalue weighted by Gasteiger charge is -2.04. The average Bonchev–Trinajstić information content (AvgIpc) is 3.30. The number of benzene rings is 1. The first-order valence-corrected chi connectivity index (χ1v) is 9.63. The number of hydrogen-bond acceptors (Lipinski definition) is 6. The van der Waals surface area contributed by atoms with Crippen LogP contribution in [-0.4, -0.2) is 30.9 Å². The summed E-state index contributed by atoms with van der Waals surface area (Å²) in [4.78, 5) is 21.3.